The fourth-order valence-electron chi connectivity index (χ4n) is 2.15. The van der Waals surface area contributed by atoms with Crippen molar-refractivity contribution in [1.82, 2.24) is 0 Å². The van der Waals surface area contributed by atoms with Gasteiger partial charge in [0, 0.05) is 27.9 Å². The van der Waals surface area contributed by atoms with Gasteiger partial charge in [0.05, 0.1) is 0 Å². The normalized spacial score (nSPS) is 31.2. The van der Waals surface area contributed by atoms with Gasteiger partial charge in [0.25, 0.3) is 0 Å². The quantitative estimate of drug-likeness (QED) is 0.510. The van der Waals surface area contributed by atoms with Gasteiger partial charge in [-0.15, -0.1) is 0 Å². The van der Waals surface area contributed by atoms with E-state index in [1.165, 1.54) is 21.0 Å². The van der Waals surface area contributed by atoms with Crippen molar-refractivity contribution in [3.63, 3.8) is 0 Å². The smallest absolute Gasteiger partial charge is 0.303 e. The minimum atomic E-state index is -1.51. The van der Waals surface area contributed by atoms with E-state index in [2.05, 4.69) is 0 Å². The molecule has 1 fully saturated rings. The number of ether oxygens (including phenoxy) is 5. The van der Waals surface area contributed by atoms with Gasteiger partial charge in [-0.2, -0.15) is 0 Å². The number of hydrogen-bond donors (Lipinski definition) is 1. The molecule has 0 bridgehead atoms. The Labute approximate surface area is 127 Å². The van der Waals surface area contributed by atoms with E-state index in [0.717, 1.165) is 6.92 Å². The first-order chi connectivity index (χ1) is 10.3. The van der Waals surface area contributed by atoms with Crippen LogP contribution in [0.15, 0.2) is 0 Å². The molecule has 0 aliphatic carbocycles. The van der Waals surface area contributed by atoms with E-state index in [1.807, 2.05) is 0 Å². The highest BCUT2D eigenvalue weighted by atomic mass is 16.7. The highest BCUT2D eigenvalue weighted by Crippen LogP contribution is 2.27. The molecule has 0 amide bonds. The molecule has 0 radical (unpaired) electrons. The molecule has 9 heteroatoms. The molecule has 1 aliphatic heterocycles. The zero-order valence-electron chi connectivity index (χ0n) is 12.8. The van der Waals surface area contributed by atoms with Crippen LogP contribution in [0.2, 0.25) is 0 Å². The van der Waals surface area contributed by atoms with Crippen LogP contribution in [0.3, 0.4) is 0 Å². The van der Waals surface area contributed by atoms with Gasteiger partial charge in [-0.1, -0.05) is 0 Å². The molecule has 0 saturated carbocycles. The topological polar surface area (TPSA) is 118 Å². The number of hydrogen-bond acceptors (Lipinski definition) is 9. The standard InChI is InChI=1S/C13H20O9/c1-6(14)19-5-9-10(20-7(2)15)11(18-4)12(13(17)22-9)21-8(3)16/h9-13,17H,5H2,1-4H3/t9-,10-,11+,12-,13?/m1/s1. The lowest BCUT2D eigenvalue weighted by Crippen LogP contribution is -2.61. The van der Waals surface area contributed by atoms with E-state index in [1.54, 1.807) is 0 Å². The van der Waals surface area contributed by atoms with E-state index in [0.29, 0.717) is 0 Å². The summed E-state index contributed by atoms with van der Waals surface area (Å²) < 4.78 is 25.3. The summed E-state index contributed by atoms with van der Waals surface area (Å²) >= 11 is 0. The summed E-state index contributed by atoms with van der Waals surface area (Å²) in [6.07, 6.45) is -5.65. The number of aliphatic hydroxyl groups is 1. The van der Waals surface area contributed by atoms with E-state index in [-0.39, 0.29) is 6.61 Å². The van der Waals surface area contributed by atoms with Crippen LogP contribution in [-0.4, -0.2) is 67.4 Å². The molecule has 1 heterocycles. The van der Waals surface area contributed by atoms with Crippen molar-refractivity contribution < 1.29 is 43.2 Å². The molecule has 9 nitrogen and oxygen atoms in total. The van der Waals surface area contributed by atoms with Crippen molar-refractivity contribution in [3.8, 4) is 0 Å². The van der Waals surface area contributed by atoms with Crippen molar-refractivity contribution >= 4 is 17.9 Å². The molecule has 0 aromatic heterocycles. The lowest BCUT2D eigenvalue weighted by Gasteiger charge is -2.42. The number of carbonyl (C=O) groups excluding carboxylic acids is 3. The zero-order chi connectivity index (χ0) is 16.9. The summed E-state index contributed by atoms with van der Waals surface area (Å²) in [6, 6.07) is 0. The Morgan fingerprint density at radius 2 is 1.50 bits per heavy atom. The second kappa shape index (κ2) is 8.06. The zero-order valence-corrected chi connectivity index (χ0v) is 12.8. The average Bonchev–Trinajstić information content (AvgIpc) is 2.39. The lowest BCUT2D eigenvalue weighted by molar-refractivity contribution is -0.297. The van der Waals surface area contributed by atoms with Crippen LogP contribution in [0, 0.1) is 0 Å². The van der Waals surface area contributed by atoms with Gasteiger partial charge < -0.3 is 28.8 Å². The molecule has 1 aliphatic rings. The Hall–Kier alpha value is -1.71. The van der Waals surface area contributed by atoms with Crippen molar-refractivity contribution in [2.24, 2.45) is 0 Å². The molecular formula is C13H20O9. The third-order valence-electron chi connectivity index (χ3n) is 2.94. The maximum absolute atomic E-state index is 11.3. The van der Waals surface area contributed by atoms with Gasteiger partial charge in [-0.05, 0) is 0 Å². The summed E-state index contributed by atoms with van der Waals surface area (Å²) in [5, 5.41) is 9.95. The summed E-state index contributed by atoms with van der Waals surface area (Å²) in [6.45, 7) is 3.29. The molecule has 1 unspecified atom stereocenters. The van der Waals surface area contributed by atoms with Crippen LogP contribution in [0.1, 0.15) is 20.8 Å². The number of aliphatic hydroxyl groups excluding tert-OH is 1. The van der Waals surface area contributed by atoms with Crippen LogP contribution in [0.5, 0.6) is 0 Å². The number of methoxy groups -OCH3 is 1. The van der Waals surface area contributed by atoms with Crippen LogP contribution < -0.4 is 0 Å². The minimum Gasteiger partial charge on any atom is -0.463 e. The van der Waals surface area contributed by atoms with Crippen molar-refractivity contribution in [1.29, 1.82) is 0 Å². The fourth-order valence-corrected chi connectivity index (χ4v) is 2.15. The maximum Gasteiger partial charge on any atom is 0.303 e. The molecule has 5 atom stereocenters. The Bertz CT molecular complexity index is 422. The first-order valence-electron chi connectivity index (χ1n) is 6.60. The monoisotopic (exact) mass is 320 g/mol. The highest BCUT2D eigenvalue weighted by Gasteiger charge is 2.50. The predicted molar refractivity (Wildman–Crippen MR) is 69.4 cm³/mol. The van der Waals surface area contributed by atoms with Crippen LogP contribution in [-0.2, 0) is 38.1 Å². The molecule has 1 N–H and O–H groups in total. The molecule has 1 saturated heterocycles. The van der Waals surface area contributed by atoms with Crippen molar-refractivity contribution in [2.45, 2.75) is 51.5 Å². The van der Waals surface area contributed by atoms with Crippen LogP contribution >= 0.6 is 0 Å². The van der Waals surface area contributed by atoms with Crippen LogP contribution in [0.4, 0.5) is 0 Å². The Balaban J connectivity index is 2.96. The molecule has 0 spiro atoms. The summed E-state index contributed by atoms with van der Waals surface area (Å²) in [7, 11) is 1.30. The Morgan fingerprint density at radius 3 is 1.95 bits per heavy atom. The first kappa shape index (κ1) is 18.3. The second-order valence-corrected chi connectivity index (χ2v) is 4.72. The van der Waals surface area contributed by atoms with Crippen molar-refractivity contribution in [2.75, 3.05) is 13.7 Å². The Morgan fingerprint density at radius 1 is 0.955 bits per heavy atom. The van der Waals surface area contributed by atoms with Gasteiger partial charge in [0.2, 0.25) is 0 Å². The van der Waals surface area contributed by atoms with Gasteiger partial charge in [0.15, 0.2) is 18.5 Å². The maximum atomic E-state index is 11.3. The molecular weight excluding hydrogens is 300 g/mol. The SMILES string of the molecule is CO[C@H]1[C@H](OC(C)=O)[C@@H](COC(C)=O)OC(O)[C@@H]1OC(C)=O. The van der Waals surface area contributed by atoms with Gasteiger partial charge in [-0.25, -0.2) is 0 Å². The number of carbonyl (C=O) groups is 3. The lowest BCUT2D eigenvalue weighted by atomic mass is 9.98. The van der Waals surface area contributed by atoms with Crippen LogP contribution in [0.25, 0.3) is 0 Å². The predicted octanol–water partition coefficient (Wildman–Crippen LogP) is -0.855. The van der Waals surface area contributed by atoms with E-state index in [4.69, 9.17) is 23.7 Å². The van der Waals surface area contributed by atoms with E-state index in [9.17, 15) is 19.5 Å². The molecule has 0 aromatic rings. The Kier molecular flexibility index (Phi) is 6.72. The van der Waals surface area contributed by atoms with Gasteiger partial charge in [0.1, 0.15) is 18.8 Å². The van der Waals surface area contributed by atoms with Gasteiger partial charge in [-0.3, -0.25) is 14.4 Å². The fraction of sp³-hybridized carbons (Fsp3) is 0.769. The number of esters is 3. The molecule has 1 rings (SSSR count). The molecule has 0 aromatic carbocycles. The van der Waals surface area contributed by atoms with Gasteiger partial charge >= 0.3 is 17.9 Å². The average molecular weight is 320 g/mol. The molecule has 126 valence electrons. The molecule has 22 heavy (non-hydrogen) atoms. The summed E-state index contributed by atoms with van der Waals surface area (Å²) in [5.41, 5.74) is 0. The second-order valence-electron chi connectivity index (χ2n) is 4.72. The van der Waals surface area contributed by atoms with E-state index >= 15 is 0 Å². The van der Waals surface area contributed by atoms with Crippen molar-refractivity contribution in [3.05, 3.63) is 0 Å². The highest BCUT2D eigenvalue weighted by molar-refractivity contribution is 5.67. The largest absolute Gasteiger partial charge is 0.463 e. The summed E-state index contributed by atoms with van der Waals surface area (Å²) in [4.78, 5) is 33.3. The third-order valence-corrected chi connectivity index (χ3v) is 2.94. The minimum absolute atomic E-state index is 0.253. The third kappa shape index (κ3) is 4.93. The number of rotatable bonds is 5. The van der Waals surface area contributed by atoms with E-state index < -0.39 is 48.6 Å². The summed E-state index contributed by atoms with van der Waals surface area (Å²) in [5.74, 6) is -1.84. The first-order valence-corrected chi connectivity index (χ1v) is 6.60.